The molecular weight excluding hydrogens is 346 g/mol. The van der Waals surface area contributed by atoms with Gasteiger partial charge in [-0.25, -0.2) is 8.78 Å². The van der Waals surface area contributed by atoms with E-state index < -0.39 is 0 Å². The highest BCUT2D eigenvalue weighted by Crippen LogP contribution is 2.36. The maximum atomic E-state index is 13.4. The molecule has 0 bridgehead atoms. The minimum absolute atomic E-state index is 0.0983. The number of rotatable bonds is 5. The third-order valence-electron chi connectivity index (χ3n) is 5.55. The predicted octanol–water partition coefficient (Wildman–Crippen LogP) is 5.66. The Hall–Kier alpha value is -2.07. The highest BCUT2D eigenvalue weighted by atomic mass is 19.1. The molecule has 2 aromatic carbocycles. The van der Waals surface area contributed by atoms with Crippen LogP contribution in [0.1, 0.15) is 49.3 Å². The van der Waals surface area contributed by atoms with Crippen LogP contribution in [0.5, 0.6) is 0 Å². The van der Waals surface area contributed by atoms with Crippen molar-refractivity contribution in [2.75, 3.05) is 7.11 Å². The second kappa shape index (κ2) is 9.23. The number of hydrogen-bond acceptors (Lipinski definition) is 2. The first-order valence-corrected chi connectivity index (χ1v) is 9.65. The van der Waals surface area contributed by atoms with E-state index in [2.05, 4.69) is 0 Å². The molecular formula is C23H26F2O2. The van der Waals surface area contributed by atoms with E-state index in [1.807, 2.05) is 0 Å². The van der Waals surface area contributed by atoms with Crippen molar-refractivity contribution in [3.8, 4) is 0 Å². The monoisotopic (exact) mass is 372 g/mol. The fourth-order valence-corrected chi connectivity index (χ4v) is 4.11. The van der Waals surface area contributed by atoms with Gasteiger partial charge in [-0.1, -0.05) is 43.5 Å². The van der Waals surface area contributed by atoms with Crippen LogP contribution in [0.4, 0.5) is 8.78 Å². The first-order valence-electron chi connectivity index (χ1n) is 9.65. The summed E-state index contributed by atoms with van der Waals surface area (Å²) >= 11 is 0. The van der Waals surface area contributed by atoms with Gasteiger partial charge in [0.2, 0.25) is 0 Å². The molecule has 0 heterocycles. The summed E-state index contributed by atoms with van der Waals surface area (Å²) in [4.78, 5) is 13.4. The average molecular weight is 372 g/mol. The predicted molar refractivity (Wildman–Crippen MR) is 101 cm³/mol. The third-order valence-corrected chi connectivity index (χ3v) is 5.55. The number of hydrogen-bond donors (Lipinski definition) is 0. The van der Waals surface area contributed by atoms with Gasteiger partial charge >= 0.3 is 0 Å². The Morgan fingerprint density at radius 1 is 0.926 bits per heavy atom. The fraction of sp³-hybridized carbons (Fsp3) is 0.435. The number of methoxy groups -OCH3 is 1. The molecule has 4 heteroatoms. The first-order chi connectivity index (χ1) is 13.1. The molecule has 0 spiro atoms. The van der Waals surface area contributed by atoms with E-state index in [0.29, 0.717) is 6.42 Å². The molecule has 0 aliphatic heterocycles. The number of Topliss-reactive ketones (excluding diaryl/α,β-unsaturated/α-hetero) is 1. The SMILES string of the molecule is COC(c1ccc(F)cc1)C1CCCCCC(Cc2ccc(F)cc2)C1=O. The lowest BCUT2D eigenvalue weighted by atomic mass is 9.76. The Morgan fingerprint density at radius 2 is 1.52 bits per heavy atom. The quantitative estimate of drug-likeness (QED) is 0.677. The maximum Gasteiger partial charge on any atom is 0.142 e. The van der Waals surface area contributed by atoms with E-state index in [4.69, 9.17) is 4.74 Å². The molecule has 1 fully saturated rings. The topological polar surface area (TPSA) is 26.3 Å². The Balaban J connectivity index is 1.82. The number of carbonyl (C=O) groups excluding carboxylic acids is 1. The molecule has 0 aromatic heterocycles. The van der Waals surface area contributed by atoms with Gasteiger partial charge < -0.3 is 4.74 Å². The molecule has 2 aromatic rings. The molecule has 0 amide bonds. The Kier molecular flexibility index (Phi) is 6.73. The number of ketones is 1. The summed E-state index contributed by atoms with van der Waals surface area (Å²) in [6.45, 7) is 0. The van der Waals surface area contributed by atoms with E-state index >= 15 is 0 Å². The Morgan fingerprint density at radius 3 is 2.15 bits per heavy atom. The van der Waals surface area contributed by atoms with Crippen molar-refractivity contribution in [2.24, 2.45) is 11.8 Å². The minimum Gasteiger partial charge on any atom is -0.376 e. The summed E-state index contributed by atoms with van der Waals surface area (Å²) in [7, 11) is 1.61. The minimum atomic E-state index is -0.369. The Bertz CT molecular complexity index is 740. The standard InChI is InChI=1S/C23H26F2O2/c1-27-23(17-9-13-20(25)14-10-17)21-6-4-2-3-5-18(22(21)26)15-16-7-11-19(24)12-8-16/h7-14,18,21,23H,2-6,15H2,1H3. The molecule has 3 unspecified atom stereocenters. The van der Waals surface area contributed by atoms with Crippen LogP contribution in [0.25, 0.3) is 0 Å². The van der Waals surface area contributed by atoms with Crippen LogP contribution in [0.3, 0.4) is 0 Å². The molecule has 0 saturated heterocycles. The van der Waals surface area contributed by atoms with Crippen molar-refractivity contribution in [2.45, 2.75) is 44.6 Å². The second-order valence-electron chi connectivity index (χ2n) is 7.38. The molecule has 1 saturated carbocycles. The molecule has 1 aliphatic rings. The van der Waals surface area contributed by atoms with Gasteiger partial charge in [-0.3, -0.25) is 4.79 Å². The van der Waals surface area contributed by atoms with Crippen molar-refractivity contribution in [1.82, 2.24) is 0 Å². The molecule has 0 N–H and O–H groups in total. The van der Waals surface area contributed by atoms with E-state index in [0.717, 1.165) is 43.2 Å². The lowest BCUT2D eigenvalue weighted by Gasteiger charge is -2.31. The molecule has 144 valence electrons. The summed E-state index contributed by atoms with van der Waals surface area (Å²) in [5.74, 6) is -0.705. The maximum absolute atomic E-state index is 13.4. The molecule has 1 aliphatic carbocycles. The van der Waals surface area contributed by atoms with Crippen LogP contribution < -0.4 is 0 Å². The van der Waals surface area contributed by atoms with E-state index in [1.165, 1.54) is 24.3 Å². The summed E-state index contributed by atoms with van der Waals surface area (Å²) in [5.41, 5.74) is 1.81. The van der Waals surface area contributed by atoms with Gasteiger partial charge in [-0.2, -0.15) is 0 Å². The number of benzene rings is 2. The van der Waals surface area contributed by atoms with E-state index in [-0.39, 0.29) is 35.4 Å². The summed E-state index contributed by atoms with van der Waals surface area (Å²) in [5, 5.41) is 0. The van der Waals surface area contributed by atoms with Gasteiger partial charge in [0, 0.05) is 18.9 Å². The molecule has 2 nitrogen and oxygen atoms in total. The fourth-order valence-electron chi connectivity index (χ4n) is 4.11. The summed E-state index contributed by atoms with van der Waals surface area (Å²) < 4.78 is 32.2. The van der Waals surface area contributed by atoms with Gasteiger partial charge in [0.05, 0.1) is 6.10 Å². The highest BCUT2D eigenvalue weighted by molar-refractivity contribution is 5.84. The van der Waals surface area contributed by atoms with Crippen molar-refractivity contribution in [1.29, 1.82) is 0 Å². The Labute approximate surface area is 159 Å². The highest BCUT2D eigenvalue weighted by Gasteiger charge is 2.34. The molecule has 3 atom stereocenters. The van der Waals surface area contributed by atoms with E-state index in [9.17, 15) is 13.6 Å². The van der Waals surface area contributed by atoms with Crippen LogP contribution in [0.15, 0.2) is 48.5 Å². The average Bonchev–Trinajstić information content (AvgIpc) is 2.67. The van der Waals surface area contributed by atoms with Gasteiger partial charge in [0.15, 0.2) is 0 Å². The lowest BCUT2D eigenvalue weighted by molar-refractivity contribution is -0.132. The summed E-state index contributed by atoms with van der Waals surface area (Å²) in [6, 6.07) is 12.6. The summed E-state index contributed by atoms with van der Waals surface area (Å²) in [6.07, 6.45) is 4.96. The largest absolute Gasteiger partial charge is 0.376 e. The van der Waals surface area contributed by atoms with Gasteiger partial charge in [0.1, 0.15) is 17.4 Å². The normalized spacial score (nSPS) is 22.1. The zero-order valence-corrected chi connectivity index (χ0v) is 15.7. The van der Waals surface area contributed by atoms with Crippen LogP contribution in [-0.4, -0.2) is 12.9 Å². The van der Waals surface area contributed by atoms with Crippen LogP contribution in [0, 0.1) is 23.5 Å². The second-order valence-corrected chi connectivity index (χ2v) is 7.38. The zero-order chi connectivity index (χ0) is 19.2. The third kappa shape index (κ3) is 5.01. The number of carbonyl (C=O) groups is 1. The lowest BCUT2D eigenvalue weighted by Crippen LogP contribution is -2.32. The smallest absolute Gasteiger partial charge is 0.142 e. The number of ether oxygens (including phenoxy) is 1. The molecule has 3 rings (SSSR count). The zero-order valence-electron chi connectivity index (χ0n) is 15.7. The van der Waals surface area contributed by atoms with E-state index in [1.54, 1.807) is 31.4 Å². The number of halogens is 2. The van der Waals surface area contributed by atoms with Crippen molar-refractivity contribution in [3.63, 3.8) is 0 Å². The van der Waals surface area contributed by atoms with Crippen molar-refractivity contribution in [3.05, 3.63) is 71.3 Å². The molecule has 0 radical (unpaired) electrons. The van der Waals surface area contributed by atoms with Crippen molar-refractivity contribution >= 4 is 5.78 Å². The van der Waals surface area contributed by atoms with Crippen LogP contribution >= 0.6 is 0 Å². The van der Waals surface area contributed by atoms with Crippen molar-refractivity contribution < 1.29 is 18.3 Å². The van der Waals surface area contributed by atoms with Gasteiger partial charge in [-0.05, 0) is 54.7 Å². The van der Waals surface area contributed by atoms with Crippen LogP contribution in [-0.2, 0) is 16.0 Å². The van der Waals surface area contributed by atoms with Crippen LogP contribution in [0.2, 0.25) is 0 Å². The molecule has 27 heavy (non-hydrogen) atoms. The van der Waals surface area contributed by atoms with Gasteiger partial charge in [-0.15, -0.1) is 0 Å². The first kappa shape index (κ1) is 19.7. The van der Waals surface area contributed by atoms with Gasteiger partial charge in [0.25, 0.3) is 0 Å².